The third kappa shape index (κ3) is 5.31. The number of phenols is 1. The Morgan fingerprint density at radius 2 is 2.04 bits per heavy atom. The minimum atomic E-state index is -0.814. The van der Waals surface area contributed by atoms with Gasteiger partial charge in [0.05, 0.1) is 4.92 Å². The van der Waals surface area contributed by atoms with Gasteiger partial charge in [-0.3, -0.25) is 10.1 Å². The van der Waals surface area contributed by atoms with Crippen LogP contribution in [0.1, 0.15) is 11.1 Å². The summed E-state index contributed by atoms with van der Waals surface area (Å²) < 4.78 is 18.6. The van der Waals surface area contributed by atoms with Crippen molar-refractivity contribution in [3.05, 3.63) is 75.6 Å². The number of nitro benzene ring substituents is 1. The second kappa shape index (κ2) is 8.44. The van der Waals surface area contributed by atoms with Gasteiger partial charge in [0.2, 0.25) is 0 Å². The summed E-state index contributed by atoms with van der Waals surface area (Å²) >= 11 is 0. The van der Waals surface area contributed by atoms with Gasteiger partial charge in [-0.25, -0.2) is 9.18 Å². The molecule has 0 bridgehead atoms. The number of amides is 1. The zero-order chi connectivity index (χ0) is 18.2. The maximum Gasteiger partial charge on any atom is 0.407 e. The first-order chi connectivity index (χ1) is 12.0. The van der Waals surface area contributed by atoms with E-state index in [0.29, 0.717) is 6.07 Å². The Bertz CT molecular complexity index is 793. The number of aromatic hydroxyl groups is 1. The fourth-order valence-corrected chi connectivity index (χ4v) is 1.94. The van der Waals surface area contributed by atoms with E-state index in [1.807, 2.05) is 30.3 Å². The molecular weight excluding hydrogens is 331 g/mol. The fourth-order valence-electron chi connectivity index (χ4n) is 1.94. The van der Waals surface area contributed by atoms with Gasteiger partial charge in [0, 0.05) is 24.2 Å². The number of rotatable bonds is 6. The molecule has 0 aliphatic rings. The Balaban J connectivity index is 1.86. The molecule has 2 rings (SSSR count). The van der Waals surface area contributed by atoms with Crippen LogP contribution < -0.4 is 5.32 Å². The van der Waals surface area contributed by atoms with E-state index in [1.165, 1.54) is 12.2 Å². The van der Waals surface area contributed by atoms with Crippen LogP contribution in [0.3, 0.4) is 0 Å². The molecule has 0 aliphatic carbocycles. The predicted octanol–water partition coefficient (Wildman–Crippen LogP) is 3.38. The van der Waals surface area contributed by atoms with Gasteiger partial charge in [-0.1, -0.05) is 42.5 Å². The number of phenolic OH excluding ortho intramolecular Hbond substituents is 1. The summed E-state index contributed by atoms with van der Waals surface area (Å²) in [5, 5.41) is 22.5. The maximum absolute atomic E-state index is 13.6. The molecular formula is C17H15FN2O5. The molecule has 1 amide bonds. The number of carbonyl (C=O) groups excluding carboxylic acids is 1. The van der Waals surface area contributed by atoms with Crippen LogP contribution in [0, 0.1) is 15.9 Å². The van der Waals surface area contributed by atoms with Crippen LogP contribution in [0.4, 0.5) is 14.9 Å². The number of halogens is 1. The highest BCUT2D eigenvalue weighted by Gasteiger charge is 2.16. The number of nitrogens with one attached hydrogen (secondary N) is 1. The zero-order valence-electron chi connectivity index (χ0n) is 13.0. The fraction of sp³-hybridized carbons (Fsp3) is 0.118. The normalized spacial score (nSPS) is 10.6. The summed E-state index contributed by atoms with van der Waals surface area (Å²) in [5.74, 6) is -1.56. The molecule has 0 saturated carbocycles. The van der Waals surface area contributed by atoms with Crippen molar-refractivity contribution in [3.8, 4) is 5.75 Å². The van der Waals surface area contributed by atoms with Crippen molar-refractivity contribution in [1.29, 1.82) is 0 Å². The van der Waals surface area contributed by atoms with E-state index in [2.05, 4.69) is 5.32 Å². The van der Waals surface area contributed by atoms with Crippen molar-refractivity contribution in [2.24, 2.45) is 0 Å². The van der Waals surface area contributed by atoms with Crippen LogP contribution in [-0.2, 0) is 11.3 Å². The summed E-state index contributed by atoms with van der Waals surface area (Å²) in [6.07, 6.45) is 2.02. The first-order valence-electron chi connectivity index (χ1n) is 7.25. The molecule has 7 nitrogen and oxygen atoms in total. The Kier molecular flexibility index (Phi) is 6.05. The number of nitrogens with zero attached hydrogens (tertiary/aromatic N) is 1. The Hall–Kier alpha value is -3.42. The lowest BCUT2D eigenvalue weighted by Gasteiger charge is -2.05. The van der Waals surface area contributed by atoms with Crippen molar-refractivity contribution in [2.75, 3.05) is 6.54 Å². The molecule has 8 heteroatoms. The summed E-state index contributed by atoms with van der Waals surface area (Å²) in [6, 6.07) is 10.7. The number of benzene rings is 2. The lowest BCUT2D eigenvalue weighted by atomic mass is 10.1. The number of hydrogen-bond donors (Lipinski definition) is 2. The first-order valence-corrected chi connectivity index (χ1v) is 7.25. The molecule has 0 fully saturated rings. The van der Waals surface area contributed by atoms with Crippen LogP contribution in [-0.4, -0.2) is 22.7 Å². The largest absolute Gasteiger partial charge is 0.502 e. The van der Waals surface area contributed by atoms with Crippen molar-refractivity contribution in [1.82, 2.24) is 5.32 Å². The van der Waals surface area contributed by atoms with Gasteiger partial charge >= 0.3 is 11.8 Å². The Labute approximate surface area is 142 Å². The predicted molar refractivity (Wildman–Crippen MR) is 88.4 cm³/mol. The third-order valence-corrected chi connectivity index (χ3v) is 3.16. The average molecular weight is 346 g/mol. The zero-order valence-corrected chi connectivity index (χ0v) is 13.0. The van der Waals surface area contributed by atoms with Gasteiger partial charge < -0.3 is 15.2 Å². The van der Waals surface area contributed by atoms with E-state index in [9.17, 15) is 24.4 Å². The number of ether oxygens (including phenoxy) is 1. The minimum Gasteiger partial charge on any atom is -0.502 e. The maximum atomic E-state index is 13.6. The van der Waals surface area contributed by atoms with Crippen molar-refractivity contribution < 1.29 is 24.0 Å². The average Bonchev–Trinajstić information content (AvgIpc) is 2.59. The van der Waals surface area contributed by atoms with Gasteiger partial charge in [0.1, 0.15) is 12.4 Å². The van der Waals surface area contributed by atoms with Crippen LogP contribution >= 0.6 is 0 Å². The van der Waals surface area contributed by atoms with Crippen molar-refractivity contribution >= 4 is 17.9 Å². The number of nitro groups is 1. The number of hydrogen-bond acceptors (Lipinski definition) is 5. The van der Waals surface area contributed by atoms with Crippen LogP contribution in [0.25, 0.3) is 6.08 Å². The number of carbonyl (C=O) groups is 1. The molecule has 0 heterocycles. The highest BCUT2D eigenvalue weighted by molar-refractivity contribution is 5.67. The first kappa shape index (κ1) is 17.9. The highest BCUT2D eigenvalue weighted by Crippen LogP contribution is 2.29. The topological polar surface area (TPSA) is 102 Å². The molecule has 2 N–H and O–H groups in total. The highest BCUT2D eigenvalue weighted by atomic mass is 19.1. The summed E-state index contributed by atoms with van der Waals surface area (Å²) in [6.45, 7) is 0.164. The molecule has 0 unspecified atom stereocenters. The molecule has 2 aromatic carbocycles. The van der Waals surface area contributed by atoms with Gasteiger partial charge in [-0.15, -0.1) is 0 Å². The third-order valence-electron chi connectivity index (χ3n) is 3.16. The second-order valence-corrected chi connectivity index (χ2v) is 4.96. The lowest BCUT2D eigenvalue weighted by Crippen LogP contribution is -2.24. The quantitative estimate of drug-likeness (QED) is 0.617. The van der Waals surface area contributed by atoms with Crippen molar-refractivity contribution in [2.45, 2.75) is 6.61 Å². The van der Waals surface area contributed by atoms with E-state index in [1.54, 1.807) is 0 Å². The molecule has 0 radical (unpaired) electrons. The van der Waals surface area contributed by atoms with E-state index < -0.39 is 28.3 Å². The van der Waals surface area contributed by atoms with Gasteiger partial charge in [-0.05, 0) is 5.56 Å². The van der Waals surface area contributed by atoms with E-state index >= 15 is 0 Å². The lowest BCUT2D eigenvalue weighted by molar-refractivity contribution is -0.385. The molecule has 130 valence electrons. The molecule has 0 aromatic heterocycles. The molecule has 0 aliphatic heterocycles. The molecule has 0 saturated heterocycles. The smallest absolute Gasteiger partial charge is 0.407 e. The number of alkyl carbamates (subject to hydrolysis) is 1. The van der Waals surface area contributed by atoms with E-state index in [4.69, 9.17) is 4.74 Å². The van der Waals surface area contributed by atoms with Gasteiger partial charge in [0.15, 0.2) is 5.75 Å². The van der Waals surface area contributed by atoms with Crippen LogP contribution in [0.5, 0.6) is 5.75 Å². The standard InChI is InChI=1S/C17H15FN2O5/c18-14-10-16(21)15(20(23)24)9-13(14)7-4-8-19-17(22)25-11-12-5-2-1-3-6-12/h1-7,9-10,21H,8,11H2,(H,19,22). The summed E-state index contributed by atoms with van der Waals surface area (Å²) in [4.78, 5) is 21.4. The molecule has 0 spiro atoms. The molecule has 0 atom stereocenters. The van der Waals surface area contributed by atoms with Crippen LogP contribution in [0.15, 0.2) is 48.5 Å². The molecule has 2 aromatic rings. The monoisotopic (exact) mass is 346 g/mol. The Morgan fingerprint density at radius 1 is 1.32 bits per heavy atom. The van der Waals surface area contributed by atoms with Crippen molar-refractivity contribution in [3.63, 3.8) is 0 Å². The SMILES string of the molecule is O=C(NCC=Cc1cc([N+](=O)[O-])c(O)cc1F)OCc1ccccc1. The van der Waals surface area contributed by atoms with E-state index in [0.717, 1.165) is 11.6 Å². The second-order valence-electron chi connectivity index (χ2n) is 4.96. The summed E-state index contributed by atoms with van der Waals surface area (Å²) in [5.41, 5.74) is 0.159. The van der Waals surface area contributed by atoms with Gasteiger partial charge in [-0.2, -0.15) is 0 Å². The van der Waals surface area contributed by atoms with Crippen LogP contribution in [0.2, 0.25) is 0 Å². The molecule has 25 heavy (non-hydrogen) atoms. The Morgan fingerprint density at radius 3 is 2.72 bits per heavy atom. The van der Waals surface area contributed by atoms with Gasteiger partial charge in [0.25, 0.3) is 0 Å². The summed E-state index contributed by atoms with van der Waals surface area (Å²) in [7, 11) is 0. The minimum absolute atomic E-state index is 0.0434. The van der Waals surface area contributed by atoms with E-state index in [-0.39, 0.29) is 18.7 Å².